The molecule has 1 aliphatic carbocycles. The number of Topliss-reactive ketones (excluding diaryl/α,β-unsaturated/α-hetero) is 1. The zero-order chi connectivity index (χ0) is 20.9. The Morgan fingerprint density at radius 1 is 1.32 bits per heavy atom. The lowest BCUT2D eigenvalue weighted by atomic mass is 10.00. The fourth-order valence-electron chi connectivity index (χ4n) is 2.85. The van der Waals surface area contributed by atoms with Crippen LogP contribution in [0.25, 0.3) is 0 Å². The van der Waals surface area contributed by atoms with Gasteiger partial charge in [0.2, 0.25) is 5.78 Å². The summed E-state index contributed by atoms with van der Waals surface area (Å²) in [6.45, 7) is 3.44. The van der Waals surface area contributed by atoms with Crippen LogP contribution < -0.4 is 0 Å². The summed E-state index contributed by atoms with van der Waals surface area (Å²) in [5.74, 6) is -1.85. The van der Waals surface area contributed by atoms with Crippen LogP contribution in [0.15, 0.2) is 47.1 Å². The van der Waals surface area contributed by atoms with Crippen molar-refractivity contribution in [3.05, 3.63) is 47.1 Å². The molecule has 0 heterocycles. The van der Waals surface area contributed by atoms with Crippen LogP contribution in [0.3, 0.4) is 0 Å². The Labute approximate surface area is 171 Å². The normalized spacial score (nSPS) is 19.5. The van der Waals surface area contributed by atoms with E-state index in [1.165, 1.54) is 26.2 Å². The van der Waals surface area contributed by atoms with Crippen molar-refractivity contribution >= 4 is 29.3 Å². The molecule has 2 unspecified atom stereocenters. The predicted octanol–water partition coefficient (Wildman–Crippen LogP) is 5.11. The van der Waals surface area contributed by atoms with Gasteiger partial charge >= 0.3 is 11.9 Å². The predicted molar refractivity (Wildman–Crippen MR) is 110 cm³/mol. The van der Waals surface area contributed by atoms with Crippen LogP contribution in [0.4, 0.5) is 0 Å². The summed E-state index contributed by atoms with van der Waals surface area (Å²) < 4.78 is 5.10. The third-order valence-corrected chi connectivity index (χ3v) is 4.59. The van der Waals surface area contributed by atoms with Crippen molar-refractivity contribution in [3.8, 4) is 0 Å². The fraction of sp³-hybridized carbons (Fsp3) is 0.500. The molecule has 0 fully saturated rings. The van der Waals surface area contributed by atoms with Gasteiger partial charge in [0.15, 0.2) is 0 Å². The topological polar surface area (TPSA) is 80.7 Å². The van der Waals surface area contributed by atoms with Crippen molar-refractivity contribution in [3.63, 3.8) is 0 Å². The third-order valence-electron chi connectivity index (χ3n) is 4.29. The highest BCUT2D eigenvalue weighted by atomic mass is 35.5. The Hall–Kier alpha value is -2.14. The number of allylic oxidation sites excluding steroid dienone is 7. The maximum absolute atomic E-state index is 12.3. The molecule has 0 aromatic heterocycles. The van der Waals surface area contributed by atoms with Gasteiger partial charge < -0.3 is 9.84 Å². The van der Waals surface area contributed by atoms with Crippen LogP contribution in [-0.2, 0) is 19.1 Å². The smallest absolute Gasteiger partial charge is 0.303 e. The first-order chi connectivity index (χ1) is 13.3. The van der Waals surface area contributed by atoms with E-state index >= 15 is 0 Å². The van der Waals surface area contributed by atoms with Gasteiger partial charge in [0.1, 0.15) is 6.10 Å². The molecule has 0 saturated carbocycles. The average molecular weight is 409 g/mol. The molecular weight excluding hydrogens is 380 g/mol. The second-order valence-electron chi connectivity index (χ2n) is 6.73. The maximum atomic E-state index is 12.3. The number of carbonyl (C=O) groups is 3. The van der Waals surface area contributed by atoms with E-state index in [4.69, 9.17) is 21.4 Å². The van der Waals surface area contributed by atoms with Gasteiger partial charge in [0.25, 0.3) is 0 Å². The van der Waals surface area contributed by atoms with Gasteiger partial charge in [-0.3, -0.25) is 14.4 Å². The molecule has 0 aromatic carbocycles. The Balaban J connectivity index is 2.75. The van der Waals surface area contributed by atoms with Gasteiger partial charge in [-0.05, 0) is 25.3 Å². The Bertz CT molecular complexity index is 672. The minimum atomic E-state index is -0.963. The van der Waals surface area contributed by atoms with E-state index in [9.17, 15) is 14.4 Å². The summed E-state index contributed by atoms with van der Waals surface area (Å²) in [6, 6.07) is 0. The quantitative estimate of drug-likeness (QED) is 0.210. The van der Waals surface area contributed by atoms with Gasteiger partial charge in [-0.25, -0.2) is 0 Å². The zero-order valence-electron chi connectivity index (χ0n) is 16.5. The molecule has 1 aliphatic rings. The van der Waals surface area contributed by atoms with E-state index < -0.39 is 18.0 Å². The summed E-state index contributed by atoms with van der Waals surface area (Å²) in [6.07, 6.45) is 15.7. The van der Waals surface area contributed by atoms with Crippen molar-refractivity contribution < 1.29 is 24.2 Å². The molecule has 0 spiro atoms. The van der Waals surface area contributed by atoms with E-state index in [-0.39, 0.29) is 29.6 Å². The Morgan fingerprint density at radius 2 is 2.07 bits per heavy atom. The van der Waals surface area contributed by atoms with Crippen LogP contribution in [0.2, 0.25) is 0 Å². The highest BCUT2D eigenvalue weighted by molar-refractivity contribution is 6.46. The molecule has 28 heavy (non-hydrogen) atoms. The summed E-state index contributed by atoms with van der Waals surface area (Å²) in [7, 11) is 0. The summed E-state index contributed by atoms with van der Waals surface area (Å²) >= 11 is 6.01. The first-order valence-corrected chi connectivity index (χ1v) is 10.1. The average Bonchev–Trinajstić information content (AvgIpc) is 2.89. The van der Waals surface area contributed by atoms with Crippen molar-refractivity contribution in [2.75, 3.05) is 0 Å². The number of esters is 1. The first-order valence-electron chi connectivity index (χ1n) is 9.71. The van der Waals surface area contributed by atoms with Crippen LogP contribution >= 0.6 is 11.6 Å². The number of halogens is 1. The van der Waals surface area contributed by atoms with Crippen LogP contribution in [0.1, 0.15) is 58.8 Å². The number of rotatable bonds is 12. The minimum absolute atomic E-state index is 0.117. The molecule has 154 valence electrons. The van der Waals surface area contributed by atoms with Gasteiger partial charge in [0, 0.05) is 24.8 Å². The van der Waals surface area contributed by atoms with Gasteiger partial charge in [-0.1, -0.05) is 68.2 Å². The summed E-state index contributed by atoms with van der Waals surface area (Å²) in [4.78, 5) is 34.2. The van der Waals surface area contributed by atoms with Crippen molar-refractivity contribution in [2.45, 2.75) is 64.9 Å². The number of carbonyl (C=O) groups excluding carboxylic acids is 2. The third kappa shape index (κ3) is 9.18. The van der Waals surface area contributed by atoms with Crippen LogP contribution in [-0.4, -0.2) is 28.9 Å². The van der Waals surface area contributed by atoms with Crippen LogP contribution in [0, 0.1) is 5.92 Å². The monoisotopic (exact) mass is 408 g/mol. The lowest BCUT2D eigenvalue weighted by molar-refractivity contribution is -0.146. The van der Waals surface area contributed by atoms with Gasteiger partial charge in [-0.15, -0.1) is 0 Å². The second kappa shape index (κ2) is 13.1. The maximum Gasteiger partial charge on any atom is 0.303 e. The van der Waals surface area contributed by atoms with E-state index in [0.717, 1.165) is 12.8 Å². The summed E-state index contributed by atoms with van der Waals surface area (Å²) in [5.41, 5.74) is 0.547. The molecule has 0 bridgehead atoms. The lowest BCUT2D eigenvalue weighted by Gasteiger charge is -2.11. The molecular formula is C22H29ClO5. The number of hydrogen-bond acceptors (Lipinski definition) is 4. The lowest BCUT2D eigenvalue weighted by Crippen LogP contribution is -2.15. The molecule has 0 saturated heterocycles. The number of unbranched alkanes of at least 4 members (excludes halogenated alkanes) is 4. The van der Waals surface area contributed by atoms with E-state index in [1.807, 2.05) is 6.08 Å². The Morgan fingerprint density at radius 3 is 2.71 bits per heavy atom. The van der Waals surface area contributed by atoms with Crippen LogP contribution in [0.5, 0.6) is 0 Å². The number of carboxylic acid groups (broad SMARTS) is 1. The highest BCUT2D eigenvalue weighted by Crippen LogP contribution is 2.30. The molecule has 0 aliphatic heterocycles. The summed E-state index contributed by atoms with van der Waals surface area (Å²) in [5, 5.41) is 8.99. The highest BCUT2D eigenvalue weighted by Gasteiger charge is 2.26. The minimum Gasteiger partial charge on any atom is -0.481 e. The van der Waals surface area contributed by atoms with E-state index in [0.29, 0.717) is 5.57 Å². The van der Waals surface area contributed by atoms with Crippen molar-refractivity contribution in [1.29, 1.82) is 0 Å². The van der Waals surface area contributed by atoms with Gasteiger partial charge in [-0.2, -0.15) is 0 Å². The molecule has 0 amide bonds. The molecule has 1 rings (SSSR count). The molecule has 5 nitrogen and oxygen atoms in total. The second-order valence-corrected chi connectivity index (χ2v) is 7.14. The number of carboxylic acids is 1. The first kappa shape index (κ1) is 23.9. The SMILES string of the molecule is CCCCCCC=CC1C=C(Cl)C(=O)C1=CC=CC(CCC(=O)O)OC(C)=O. The van der Waals surface area contributed by atoms with Crippen molar-refractivity contribution in [2.24, 2.45) is 5.92 Å². The molecule has 1 N–H and O–H groups in total. The molecule has 0 aromatic rings. The number of aliphatic carboxylic acids is 1. The number of hydrogen-bond donors (Lipinski definition) is 1. The van der Waals surface area contributed by atoms with E-state index in [2.05, 4.69) is 13.0 Å². The number of ether oxygens (including phenoxy) is 1. The van der Waals surface area contributed by atoms with Crippen molar-refractivity contribution in [1.82, 2.24) is 0 Å². The molecule has 2 atom stereocenters. The largest absolute Gasteiger partial charge is 0.481 e. The van der Waals surface area contributed by atoms with Gasteiger partial charge in [0.05, 0.1) is 5.03 Å². The fourth-order valence-corrected chi connectivity index (χ4v) is 3.09. The standard InChI is InChI=1S/C22H29ClO5/c1-3-4-5-6-7-8-10-17-15-20(23)22(27)19(17)12-9-11-18(28-16(2)24)13-14-21(25)26/h8-12,15,17-18H,3-7,13-14H2,1-2H3,(H,25,26). The Kier molecular flexibility index (Phi) is 11.2. The number of ketones is 1. The molecule has 6 heteroatoms. The van der Waals surface area contributed by atoms with E-state index in [1.54, 1.807) is 24.3 Å². The molecule has 0 radical (unpaired) electrons. The zero-order valence-corrected chi connectivity index (χ0v) is 17.3.